The number of hydrogen-bond acceptors (Lipinski definition) is 3. The molecule has 0 aliphatic heterocycles. The lowest BCUT2D eigenvalue weighted by Crippen LogP contribution is -2.14. The van der Waals surface area contributed by atoms with Crippen LogP contribution in [0, 0.1) is 0 Å². The van der Waals surface area contributed by atoms with Gasteiger partial charge in [0.05, 0.1) is 11.9 Å². The van der Waals surface area contributed by atoms with Gasteiger partial charge in [0, 0.05) is 22.0 Å². The maximum absolute atomic E-state index is 5.96. The molecule has 24 heavy (non-hydrogen) atoms. The van der Waals surface area contributed by atoms with E-state index in [-0.39, 0.29) is 0 Å². The van der Waals surface area contributed by atoms with Crippen molar-refractivity contribution in [2.75, 3.05) is 0 Å². The SMILES string of the molecule is CCn1c(-c2ccc(Cl)cc2)cs/c1=N\N=C/c1ccc(Cl)cc1. The first-order valence-electron chi connectivity index (χ1n) is 7.44. The smallest absolute Gasteiger partial charge is 0.211 e. The number of thiazole rings is 1. The van der Waals surface area contributed by atoms with Gasteiger partial charge in [-0.25, -0.2) is 0 Å². The van der Waals surface area contributed by atoms with Crippen molar-refractivity contribution in [3.05, 3.63) is 74.3 Å². The lowest BCUT2D eigenvalue weighted by molar-refractivity contribution is 0.737. The zero-order valence-electron chi connectivity index (χ0n) is 13.0. The highest BCUT2D eigenvalue weighted by Gasteiger charge is 2.06. The van der Waals surface area contributed by atoms with Crippen LogP contribution in [0.25, 0.3) is 11.3 Å². The monoisotopic (exact) mass is 375 g/mol. The summed E-state index contributed by atoms with van der Waals surface area (Å²) in [7, 11) is 0. The van der Waals surface area contributed by atoms with Crippen LogP contribution in [0.3, 0.4) is 0 Å². The minimum Gasteiger partial charge on any atom is -0.315 e. The zero-order chi connectivity index (χ0) is 16.9. The first-order chi connectivity index (χ1) is 11.7. The van der Waals surface area contributed by atoms with Gasteiger partial charge in [0.1, 0.15) is 0 Å². The number of rotatable bonds is 4. The summed E-state index contributed by atoms with van der Waals surface area (Å²) in [4.78, 5) is 0.854. The Hall–Kier alpha value is -1.88. The minimum absolute atomic E-state index is 0.707. The number of nitrogens with zero attached hydrogens (tertiary/aromatic N) is 3. The normalized spacial score (nSPS) is 12.2. The molecule has 0 N–H and O–H groups in total. The molecule has 0 saturated heterocycles. The topological polar surface area (TPSA) is 29.6 Å². The summed E-state index contributed by atoms with van der Waals surface area (Å²) in [5.74, 6) is 0. The minimum atomic E-state index is 0.707. The average molecular weight is 376 g/mol. The molecule has 3 rings (SSSR count). The first-order valence-corrected chi connectivity index (χ1v) is 9.08. The van der Waals surface area contributed by atoms with Gasteiger partial charge in [-0.1, -0.05) is 47.5 Å². The summed E-state index contributed by atoms with van der Waals surface area (Å²) in [6.45, 7) is 2.91. The molecule has 0 spiro atoms. The van der Waals surface area contributed by atoms with Crippen molar-refractivity contribution < 1.29 is 0 Å². The molecule has 0 fully saturated rings. The highest BCUT2D eigenvalue weighted by Crippen LogP contribution is 2.22. The quantitative estimate of drug-likeness (QED) is 0.426. The Morgan fingerprint density at radius 1 is 1.00 bits per heavy atom. The first kappa shape index (κ1) is 17.0. The molecule has 0 amide bonds. The summed E-state index contributed by atoms with van der Waals surface area (Å²) in [5.41, 5.74) is 3.18. The van der Waals surface area contributed by atoms with Gasteiger partial charge in [-0.05, 0) is 42.3 Å². The maximum Gasteiger partial charge on any atom is 0.211 e. The molecule has 3 nitrogen and oxygen atoms in total. The van der Waals surface area contributed by atoms with Crippen molar-refractivity contribution in [2.24, 2.45) is 10.2 Å². The van der Waals surface area contributed by atoms with E-state index in [1.165, 1.54) is 0 Å². The predicted molar refractivity (Wildman–Crippen MR) is 103 cm³/mol. The molecule has 0 unspecified atom stereocenters. The molecule has 1 aromatic heterocycles. The standard InChI is InChI=1S/C18H15Cl2N3S/c1-2-23-17(14-5-9-16(20)10-6-14)12-24-18(23)22-21-11-13-3-7-15(19)8-4-13/h3-12H,2H2,1H3/b21-11-,22-18-. The summed E-state index contributed by atoms with van der Waals surface area (Å²) in [6.07, 6.45) is 1.72. The lowest BCUT2D eigenvalue weighted by Gasteiger charge is -2.05. The second-order valence-corrected chi connectivity index (χ2v) is 6.76. The fraction of sp³-hybridized carbons (Fsp3) is 0.111. The summed E-state index contributed by atoms with van der Waals surface area (Å²) >= 11 is 13.4. The molecule has 0 saturated carbocycles. The zero-order valence-corrected chi connectivity index (χ0v) is 15.3. The largest absolute Gasteiger partial charge is 0.315 e. The van der Waals surface area contributed by atoms with Crippen molar-refractivity contribution >= 4 is 40.8 Å². The van der Waals surface area contributed by atoms with Crippen LogP contribution in [-0.2, 0) is 6.54 Å². The van der Waals surface area contributed by atoms with Gasteiger partial charge in [0.25, 0.3) is 0 Å². The lowest BCUT2D eigenvalue weighted by atomic mass is 10.2. The van der Waals surface area contributed by atoms with Gasteiger partial charge in [-0.15, -0.1) is 16.4 Å². The third-order valence-electron chi connectivity index (χ3n) is 3.47. The fourth-order valence-electron chi connectivity index (χ4n) is 2.26. The molecule has 3 aromatic rings. The third kappa shape index (κ3) is 3.96. The average Bonchev–Trinajstić information content (AvgIpc) is 3.00. The van der Waals surface area contributed by atoms with Crippen LogP contribution in [0.2, 0.25) is 10.0 Å². The van der Waals surface area contributed by atoms with Crippen LogP contribution < -0.4 is 4.80 Å². The molecule has 0 bridgehead atoms. The highest BCUT2D eigenvalue weighted by molar-refractivity contribution is 7.07. The van der Waals surface area contributed by atoms with E-state index >= 15 is 0 Å². The van der Waals surface area contributed by atoms with E-state index in [4.69, 9.17) is 23.2 Å². The number of benzene rings is 2. The summed E-state index contributed by atoms with van der Waals surface area (Å²) in [5, 5.41) is 12.1. The van der Waals surface area contributed by atoms with Crippen molar-refractivity contribution in [1.29, 1.82) is 0 Å². The van der Waals surface area contributed by atoms with Crippen molar-refractivity contribution in [3.63, 3.8) is 0 Å². The molecular formula is C18H15Cl2N3S. The molecule has 122 valence electrons. The van der Waals surface area contributed by atoms with Crippen molar-refractivity contribution in [3.8, 4) is 11.3 Å². The Labute approximate surface area is 154 Å². The Balaban J connectivity index is 1.91. The molecule has 6 heteroatoms. The van der Waals surface area contributed by atoms with Gasteiger partial charge < -0.3 is 4.57 Å². The van der Waals surface area contributed by atoms with E-state index < -0.39 is 0 Å². The van der Waals surface area contributed by atoms with Crippen molar-refractivity contribution in [1.82, 2.24) is 4.57 Å². The van der Waals surface area contributed by atoms with E-state index in [2.05, 4.69) is 27.1 Å². The number of aromatic nitrogens is 1. The predicted octanol–water partition coefficient (Wildman–Crippen LogP) is 5.48. The summed E-state index contributed by atoms with van der Waals surface area (Å²) in [6, 6.07) is 15.3. The van der Waals surface area contributed by atoms with Crippen LogP contribution in [0.5, 0.6) is 0 Å². The van der Waals surface area contributed by atoms with Crippen LogP contribution in [0.1, 0.15) is 12.5 Å². The molecule has 0 radical (unpaired) electrons. The van der Waals surface area contributed by atoms with Crippen LogP contribution in [-0.4, -0.2) is 10.8 Å². The fourth-order valence-corrected chi connectivity index (χ4v) is 3.44. The van der Waals surface area contributed by atoms with E-state index in [9.17, 15) is 0 Å². The van der Waals surface area contributed by atoms with Crippen LogP contribution in [0.15, 0.2) is 64.1 Å². The van der Waals surface area contributed by atoms with E-state index in [0.717, 1.165) is 33.2 Å². The highest BCUT2D eigenvalue weighted by atomic mass is 35.5. The van der Waals surface area contributed by atoms with E-state index in [1.807, 2.05) is 48.5 Å². The number of hydrogen-bond donors (Lipinski definition) is 0. The molecule has 0 aliphatic carbocycles. The number of halogens is 2. The van der Waals surface area contributed by atoms with Crippen LogP contribution >= 0.6 is 34.5 Å². The Kier molecular flexibility index (Phi) is 5.51. The van der Waals surface area contributed by atoms with Gasteiger partial charge in [-0.3, -0.25) is 0 Å². The van der Waals surface area contributed by atoms with E-state index in [1.54, 1.807) is 17.6 Å². The second-order valence-electron chi connectivity index (χ2n) is 5.05. The molecular weight excluding hydrogens is 361 g/mol. The van der Waals surface area contributed by atoms with Crippen LogP contribution in [0.4, 0.5) is 0 Å². The molecule has 0 atom stereocenters. The molecule has 1 heterocycles. The van der Waals surface area contributed by atoms with Gasteiger partial charge in [0.15, 0.2) is 0 Å². The van der Waals surface area contributed by atoms with Crippen molar-refractivity contribution in [2.45, 2.75) is 13.5 Å². The van der Waals surface area contributed by atoms with E-state index in [0.29, 0.717) is 5.02 Å². The third-order valence-corrected chi connectivity index (χ3v) is 4.83. The second kappa shape index (κ2) is 7.79. The Bertz CT molecular complexity index is 907. The maximum atomic E-state index is 5.96. The molecule has 0 aliphatic rings. The van der Waals surface area contributed by atoms with Gasteiger partial charge in [0.2, 0.25) is 4.80 Å². The van der Waals surface area contributed by atoms with Gasteiger partial charge in [-0.2, -0.15) is 5.10 Å². The Morgan fingerprint density at radius 3 is 2.25 bits per heavy atom. The Morgan fingerprint density at radius 2 is 1.62 bits per heavy atom. The van der Waals surface area contributed by atoms with Gasteiger partial charge >= 0.3 is 0 Å². The summed E-state index contributed by atoms with van der Waals surface area (Å²) < 4.78 is 2.13. The molecule has 2 aromatic carbocycles.